The molecular formula is C24H19NO3. The van der Waals surface area contributed by atoms with Crippen LogP contribution in [0.15, 0.2) is 72.8 Å². The second-order valence-electron chi connectivity index (χ2n) is 6.62. The highest BCUT2D eigenvalue weighted by molar-refractivity contribution is 6.10. The van der Waals surface area contributed by atoms with Gasteiger partial charge in [-0.15, -0.1) is 0 Å². The molecule has 0 spiro atoms. The summed E-state index contributed by atoms with van der Waals surface area (Å²) in [4.78, 5) is 23.3. The maximum Gasteiger partial charge on any atom is 0.335 e. The number of hydrogen-bond acceptors (Lipinski definition) is 2. The van der Waals surface area contributed by atoms with E-state index < -0.39 is 5.97 Å². The van der Waals surface area contributed by atoms with E-state index in [0.717, 1.165) is 17.5 Å². The van der Waals surface area contributed by atoms with Gasteiger partial charge in [0.25, 0.3) is 0 Å². The summed E-state index contributed by atoms with van der Waals surface area (Å²) in [6.45, 7) is 3.03. The van der Waals surface area contributed by atoms with Gasteiger partial charge < -0.3 is 9.67 Å². The number of fused-ring (bicyclic) bond motifs is 3. The van der Waals surface area contributed by atoms with Gasteiger partial charge in [-0.25, -0.2) is 4.79 Å². The first-order valence-electron chi connectivity index (χ1n) is 9.15. The highest BCUT2D eigenvalue weighted by Crippen LogP contribution is 2.30. The zero-order valence-electron chi connectivity index (χ0n) is 15.4. The van der Waals surface area contributed by atoms with Crippen LogP contribution in [-0.4, -0.2) is 21.4 Å². The molecule has 0 fully saturated rings. The van der Waals surface area contributed by atoms with Gasteiger partial charge in [-0.2, -0.15) is 0 Å². The van der Waals surface area contributed by atoms with Crippen molar-refractivity contribution in [1.82, 2.24) is 4.57 Å². The summed E-state index contributed by atoms with van der Waals surface area (Å²) in [6, 6.07) is 20.5. The predicted molar refractivity (Wildman–Crippen MR) is 112 cm³/mol. The molecule has 4 rings (SSSR count). The normalized spacial score (nSPS) is 11.5. The average molecular weight is 369 g/mol. The quantitative estimate of drug-likeness (QED) is 0.378. The third-order valence-electron chi connectivity index (χ3n) is 4.96. The van der Waals surface area contributed by atoms with Crippen molar-refractivity contribution in [3.05, 3.63) is 89.5 Å². The molecule has 1 heterocycles. The summed E-state index contributed by atoms with van der Waals surface area (Å²) >= 11 is 0. The largest absolute Gasteiger partial charge is 0.478 e. The van der Waals surface area contributed by atoms with Gasteiger partial charge in [-0.1, -0.05) is 42.5 Å². The maximum atomic E-state index is 12.4. The number of nitrogens with zero attached hydrogens (tertiary/aromatic N) is 1. The fourth-order valence-electron chi connectivity index (χ4n) is 3.56. The summed E-state index contributed by atoms with van der Waals surface area (Å²) < 4.78 is 2.29. The van der Waals surface area contributed by atoms with E-state index in [1.54, 1.807) is 6.08 Å². The molecule has 0 radical (unpaired) electrons. The van der Waals surface area contributed by atoms with E-state index in [1.165, 1.54) is 46.8 Å². The number of benzene rings is 3. The van der Waals surface area contributed by atoms with Gasteiger partial charge in [-0.05, 0) is 48.9 Å². The van der Waals surface area contributed by atoms with E-state index in [-0.39, 0.29) is 11.3 Å². The molecule has 0 saturated carbocycles. The van der Waals surface area contributed by atoms with Crippen LogP contribution in [0.4, 0.5) is 0 Å². The standard InChI is InChI=1S/C24H19NO3/c1-2-25-21-6-4-3-5-19(21)20-15-16(7-13-22(20)25)8-14-23(26)17-9-11-18(12-10-17)24(27)28/h3-15H,2H2,1H3,(H,27,28). The Balaban J connectivity index is 1.67. The zero-order valence-corrected chi connectivity index (χ0v) is 15.4. The lowest BCUT2D eigenvalue weighted by Gasteiger charge is -2.02. The van der Waals surface area contributed by atoms with Crippen LogP contribution < -0.4 is 0 Å². The Morgan fingerprint density at radius 3 is 2.29 bits per heavy atom. The zero-order chi connectivity index (χ0) is 19.7. The third-order valence-corrected chi connectivity index (χ3v) is 4.96. The van der Waals surface area contributed by atoms with Crippen molar-refractivity contribution in [1.29, 1.82) is 0 Å². The molecule has 0 atom stereocenters. The van der Waals surface area contributed by atoms with Crippen LogP contribution in [0.5, 0.6) is 0 Å². The van der Waals surface area contributed by atoms with Crippen molar-refractivity contribution in [3.8, 4) is 0 Å². The Morgan fingerprint density at radius 2 is 1.57 bits per heavy atom. The number of allylic oxidation sites excluding steroid dienone is 1. The molecule has 0 aliphatic rings. The number of hydrogen-bond donors (Lipinski definition) is 1. The van der Waals surface area contributed by atoms with Gasteiger partial charge in [-0.3, -0.25) is 4.79 Å². The van der Waals surface area contributed by atoms with Crippen LogP contribution in [0.1, 0.15) is 33.2 Å². The van der Waals surface area contributed by atoms with Gasteiger partial charge in [0.2, 0.25) is 0 Å². The Morgan fingerprint density at radius 1 is 0.893 bits per heavy atom. The molecule has 4 heteroatoms. The van der Waals surface area contributed by atoms with Gasteiger partial charge in [0.05, 0.1) is 5.56 Å². The van der Waals surface area contributed by atoms with Crippen molar-refractivity contribution in [2.45, 2.75) is 13.5 Å². The first-order chi connectivity index (χ1) is 13.6. The Bertz CT molecular complexity index is 1230. The van der Waals surface area contributed by atoms with E-state index in [9.17, 15) is 9.59 Å². The number of aromatic carboxylic acids is 1. The van der Waals surface area contributed by atoms with Crippen molar-refractivity contribution in [3.63, 3.8) is 0 Å². The summed E-state index contributed by atoms with van der Waals surface area (Å²) in [5.74, 6) is -1.16. The van der Waals surface area contributed by atoms with Crippen LogP contribution in [-0.2, 0) is 6.54 Å². The van der Waals surface area contributed by atoms with Crippen molar-refractivity contribution < 1.29 is 14.7 Å². The van der Waals surface area contributed by atoms with E-state index >= 15 is 0 Å². The lowest BCUT2D eigenvalue weighted by Crippen LogP contribution is -1.98. The van der Waals surface area contributed by atoms with Crippen molar-refractivity contribution >= 4 is 39.6 Å². The molecule has 0 bridgehead atoms. The Hall–Kier alpha value is -3.66. The molecule has 0 aliphatic heterocycles. The first-order valence-corrected chi connectivity index (χ1v) is 9.15. The molecule has 0 saturated heterocycles. The summed E-state index contributed by atoms with van der Waals surface area (Å²) in [6.07, 6.45) is 3.32. The van der Waals surface area contributed by atoms with Crippen LogP contribution in [0.2, 0.25) is 0 Å². The van der Waals surface area contributed by atoms with Crippen LogP contribution in [0.25, 0.3) is 27.9 Å². The first kappa shape index (κ1) is 17.7. The fourth-order valence-corrected chi connectivity index (χ4v) is 3.56. The van der Waals surface area contributed by atoms with E-state index in [2.05, 4.69) is 35.8 Å². The number of carbonyl (C=O) groups excluding carboxylic acids is 1. The lowest BCUT2D eigenvalue weighted by atomic mass is 10.1. The number of aromatic nitrogens is 1. The predicted octanol–water partition coefficient (Wildman–Crippen LogP) is 5.41. The average Bonchev–Trinajstić information content (AvgIpc) is 3.05. The molecule has 0 aliphatic carbocycles. The highest BCUT2D eigenvalue weighted by Gasteiger charge is 2.09. The van der Waals surface area contributed by atoms with Gasteiger partial charge >= 0.3 is 5.97 Å². The van der Waals surface area contributed by atoms with Gasteiger partial charge in [0.1, 0.15) is 0 Å². The third kappa shape index (κ3) is 3.09. The molecule has 0 amide bonds. The minimum atomic E-state index is -1.01. The van der Waals surface area contributed by atoms with E-state index in [4.69, 9.17) is 5.11 Å². The number of rotatable bonds is 5. The highest BCUT2D eigenvalue weighted by atomic mass is 16.4. The summed E-state index contributed by atoms with van der Waals surface area (Å²) in [7, 11) is 0. The van der Waals surface area contributed by atoms with Gasteiger partial charge in [0, 0.05) is 33.9 Å². The molecule has 1 N–H and O–H groups in total. The number of ketones is 1. The Kier molecular flexibility index (Phi) is 4.53. The molecule has 4 aromatic rings. The minimum absolute atomic E-state index is 0.159. The topological polar surface area (TPSA) is 59.3 Å². The molecule has 1 aromatic heterocycles. The van der Waals surface area contributed by atoms with Crippen LogP contribution in [0.3, 0.4) is 0 Å². The van der Waals surface area contributed by atoms with Crippen molar-refractivity contribution in [2.75, 3.05) is 0 Å². The van der Waals surface area contributed by atoms with E-state index in [0.29, 0.717) is 5.56 Å². The number of para-hydroxylation sites is 1. The second kappa shape index (κ2) is 7.16. The molecule has 4 nitrogen and oxygen atoms in total. The van der Waals surface area contributed by atoms with Crippen LogP contribution >= 0.6 is 0 Å². The minimum Gasteiger partial charge on any atom is -0.478 e. The van der Waals surface area contributed by atoms with Crippen molar-refractivity contribution in [2.24, 2.45) is 0 Å². The molecule has 3 aromatic carbocycles. The number of carboxylic acid groups (broad SMARTS) is 1. The van der Waals surface area contributed by atoms with E-state index in [1.807, 2.05) is 18.2 Å². The molecule has 0 unspecified atom stereocenters. The fraction of sp³-hybridized carbons (Fsp3) is 0.0833. The summed E-state index contributed by atoms with van der Waals surface area (Å²) in [5.41, 5.74) is 3.96. The number of carbonyl (C=O) groups is 2. The van der Waals surface area contributed by atoms with Crippen LogP contribution in [0, 0.1) is 0 Å². The SMILES string of the molecule is CCn1c2ccccc2c2cc(C=CC(=O)c3ccc(C(=O)O)cc3)ccc21. The lowest BCUT2D eigenvalue weighted by molar-refractivity contribution is 0.0696. The second-order valence-corrected chi connectivity index (χ2v) is 6.62. The molecule has 138 valence electrons. The Labute approximate surface area is 162 Å². The summed E-state index contributed by atoms with van der Waals surface area (Å²) in [5, 5.41) is 11.3. The molecular weight excluding hydrogens is 350 g/mol. The number of aryl methyl sites for hydroxylation is 1. The molecule has 28 heavy (non-hydrogen) atoms. The van der Waals surface area contributed by atoms with Gasteiger partial charge in [0.15, 0.2) is 5.78 Å². The smallest absolute Gasteiger partial charge is 0.335 e. The number of carboxylic acids is 1. The maximum absolute atomic E-state index is 12.4. The monoisotopic (exact) mass is 369 g/mol.